The summed E-state index contributed by atoms with van der Waals surface area (Å²) in [7, 11) is 3.23. The molecule has 7 heteroatoms. The zero-order valence-corrected chi connectivity index (χ0v) is 15.8. The fourth-order valence-corrected chi connectivity index (χ4v) is 3.43. The number of hydrogen-bond acceptors (Lipinski definition) is 6. The lowest BCUT2D eigenvalue weighted by atomic mass is 10.1. The molecule has 2 aromatic carbocycles. The predicted octanol–water partition coefficient (Wildman–Crippen LogP) is 3.62. The number of rotatable bonds is 6. The van der Waals surface area contributed by atoms with Crippen LogP contribution in [0.15, 0.2) is 53.1 Å². The smallest absolute Gasteiger partial charge is 0.249 e. The van der Waals surface area contributed by atoms with Crippen LogP contribution < -0.4 is 9.47 Å². The summed E-state index contributed by atoms with van der Waals surface area (Å²) in [6, 6.07) is 15.0. The van der Waals surface area contributed by atoms with Crippen LogP contribution in [0.1, 0.15) is 30.3 Å². The lowest BCUT2D eigenvalue weighted by Gasteiger charge is -2.22. The number of amides is 1. The zero-order chi connectivity index (χ0) is 19.5. The molecule has 28 heavy (non-hydrogen) atoms. The van der Waals surface area contributed by atoms with E-state index in [9.17, 15) is 4.79 Å². The summed E-state index contributed by atoms with van der Waals surface area (Å²) in [4.78, 5) is 18.8. The molecular formula is C21H21N3O4. The van der Waals surface area contributed by atoms with Gasteiger partial charge in [0, 0.05) is 13.0 Å². The summed E-state index contributed by atoms with van der Waals surface area (Å²) >= 11 is 0. The van der Waals surface area contributed by atoms with Crippen molar-refractivity contribution in [3.05, 3.63) is 60.0 Å². The van der Waals surface area contributed by atoms with Crippen LogP contribution in [0.25, 0.3) is 11.4 Å². The summed E-state index contributed by atoms with van der Waals surface area (Å²) < 4.78 is 16.1. The van der Waals surface area contributed by atoms with E-state index >= 15 is 0 Å². The minimum absolute atomic E-state index is 0.0814. The normalized spacial score (nSPS) is 16.4. The van der Waals surface area contributed by atoms with E-state index in [0.717, 1.165) is 16.9 Å². The number of nitrogens with zero attached hydrogens (tertiary/aromatic N) is 3. The average molecular weight is 379 g/mol. The third kappa shape index (κ3) is 3.43. The Morgan fingerprint density at radius 1 is 1.11 bits per heavy atom. The maximum Gasteiger partial charge on any atom is 0.249 e. The summed E-state index contributed by atoms with van der Waals surface area (Å²) in [5, 5.41) is 4.11. The molecule has 0 saturated carbocycles. The Balaban J connectivity index is 1.57. The summed E-state index contributed by atoms with van der Waals surface area (Å²) in [6.07, 6.45) is 1.12. The molecule has 144 valence electrons. The maximum absolute atomic E-state index is 12.5. The van der Waals surface area contributed by atoms with Gasteiger partial charge in [0.25, 0.3) is 0 Å². The van der Waals surface area contributed by atoms with Crippen LogP contribution in [0.2, 0.25) is 0 Å². The van der Waals surface area contributed by atoms with E-state index in [0.29, 0.717) is 36.9 Å². The van der Waals surface area contributed by atoms with Crippen molar-refractivity contribution in [2.45, 2.75) is 25.4 Å². The summed E-state index contributed by atoms with van der Waals surface area (Å²) in [6.45, 7) is 0.486. The van der Waals surface area contributed by atoms with Gasteiger partial charge in [0.05, 0.1) is 19.8 Å². The highest BCUT2D eigenvalue weighted by Gasteiger charge is 2.36. The average Bonchev–Trinajstić information content (AvgIpc) is 3.36. The Hall–Kier alpha value is -3.35. The van der Waals surface area contributed by atoms with Crippen molar-refractivity contribution in [1.82, 2.24) is 15.0 Å². The second-order valence-corrected chi connectivity index (χ2v) is 6.58. The van der Waals surface area contributed by atoms with Crippen molar-refractivity contribution in [2.24, 2.45) is 0 Å². The van der Waals surface area contributed by atoms with Crippen LogP contribution in [0.5, 0.6) is 11.5 Å². The second kappa shape index (κ2) is 7.72. The van der Waals surface area contributed by atoms with Crippen molar-refractivity contribution in [2.75, 3.05) is 14.2 Å². The van der Waals surface area contributed by atoms with Crippen molar-refractivity contribution in [3.63, 3.8) is 0 Å². The largest absolute Gasteiger partial charge is 0.497 e. The van der Waals surface area contributed by atoms with Gasteiger partial charge in [-0.25, -0.2) is 0 Å². The number of hydrogen-bond donors (Lipinski definition) is 0. The number of benzene rings is 2. The minimum atomic E-state index is -0.231. The van der Waals surface area contributed by atoms with E-state index in [4.69, 9.17) is 14.0 Å². The number of carbonyl (C=O) groups is 1. The maximum atomic E-state index is 12.5. The molecule has 3 aromatic rings. The van der Waals surface area contributed by atoms with Crippen molar-refractivity contribution < 1.29 is 18.8 Å². The second-order valence-electron chi connectivity index (χ2n) is 6.58. The summed E-state index contributed by atoms with van der Waals surface area (Å²) in [5.41, 5.74) is 1.77. The number of para-hydroxylation sites is 1. The number of likely N-dealkylation sites (tertiary alicyclic amines) is 1. The predicted molar refractivity (Wildman–Crippen MR) is 102 cm³/mol. The Morgan fingerprint density at radius 2 is 1.89 bits per heavy atom. The van der Waals surface area contributed by atoms with Crippen LogP contribution in [-0.2, 0) is 11.3 Å². The first-order chi connectivity index (χ1) is 13.7. The van der Waals surface area contributed by atoms with E-state index < -0.39 is 0 Å². The van der Waals surface area contributed by atoms with Gasteiger partial charge in [0.15, 0.2) is 0 Å². The van der Waals surface area contributed by atoms with Crippen molar-refractivity contribution in [3.8, 4) is 22.9 Å². The van der Waals surface area contributed by atoms with Crippen LogP contribution in [0.4, 0.5) is 0 Å². The Morgan fingerprint density at radius 3 is 2.64 bits per heavy atom. The highest BCUT2D eigenvalue weighted by Crippen LogP contribution is 2.35. The van der Waals surface area contributed by atoms with Gasteiger partial charge in [0.2, 0.25) is 17.6 Å². The van der Waals surface area contributed by atoms with E-state index in [1.165, 1.54) is 0 Å². The fourth-order valence-electron chi connectivity index (χ4n) is 3.43. The van der Waals surface area contributed by atoms with Crippen molar-refractivity contribution in [1.29, 1.82) is 0 Å². The lowest BCUT2D eigenvalue weighted by molar-refractivity contribution is -0.129. The Labute approximate surface area is 162 Å². The van der Waals surface area contributed by atoms with Crippen molar-refractivity contribution >= 4 is 5.91 Å². The van der Waals surface area contributed by atoms with Crippen LogP contribution in [0.3, 0.4) is 0 Å². The number of aromatic nitrogens is 2. The highest BCUT2D eigenvalue weighted by atomic mass is 16.5. The molecule has 4 rings (SSSR count). The molecule has 1 unspecified atom stereocenters. The van der Waals surface area contributed by atoms with Gasteiger partial charge in [-0.05, 0) is 36.2 Å². The standard InChI is InChI=1S/C21H21N3O4/c1-26-15-9-7-14(8-10-15)13-24-17(11-12-19(24)25)21-22-20(23-28-21)16-5-3-4-6-18(16)27-2/h3-10,17H,11-13H2,1-2H3. The van der Waals surface area contributed by atoms with E-state index in [2.05, 4.69) is 10.1 Å². The van der Waals surface area contributed by atoms with Gasteiger partial charge in [-0.1, -0.05) is 29.4 Å². The Kier molecular flexibility index (Phi) is 4.97. The number of ether oxygens (including phenoxy) is 2. The first-order valence-electron chi connectivity index (χ1n) is 9.09. The topological polar surface area (TPSA) is 77.7 Å². The minimum Gasteiger partial charge on any atom is -0.497 e. The monoisotopic (exact) mass is 379 g/mol. The SMILES string of the molecule is COc1ccc(CN2C(=O)CCC2c2nc(-c3ccccc3OC)no2)cc1. The molecule has 0 bridgehead atoms. The molecular weight excluding hydrogens is 358 g/mol. The van der Waals surface area contributed by atoms with Gasteiger partial charge in [-0.2, -0.15) is 4.98 Å². The third-order valence-corrected chi connectivity index (χ3v) is 4.91. The molecule has 7 nitrogen and oxygen atoms in total. The molecule has 0 N–H and O–H groups in total. The molecule has 0 radical (unpaired) electrons. The number of carbonyl (C=O) groups excluding carboxylic acids is 1. The number of methoxy groups -OCH3 is 2. The molecule has 1 aromatic heterocycles. The molecule has 1 aliphatic heterocycles. The van der Waals surface area contributed by atoms with Gasteiger partial charge < -0.3 is 18.9 Å². The third-order valence-electron chi connectivity index (χ3n) is 4.91. The van der Waals surface area contributed by atoms with Gasteiger partial charge in [0.1, 0.15) is 17.5 Å². The quantitative estimate of drug-likeness (QED) is 0.651. The van der Waals surface area contributed by atoms with Crippen LogP contribution in [-0.4, -0.2) is 35.2 Å². The van der Waals surface area contributed by atoms with Crippen LogP contribution >= 0.6 is 0 Å². The highest BCUT2D eigenvalue weighted by molar-refractivity contribution is 5.79. The van der Waals surface area contributed by atoms with E-state index in [1.807, 2.05) is 48.5 Å². The molecule has 1 atom stereocenters. The van der Waals surface area contributed by atoms with E-state index in [1.54, 1.807) is 19.1 Å². The van der Waals surface area contributed by atoms with Gasteiger partial charge in [-0.3, -0.25) is 4.79 Å². The fraction of sp³-hybridized carbons (Fsp3) is 0.286. The molecule has 1 amide bonds. The molecule has 0 spiro atoms. The molecule has 0 aliphatic carbocycles. The molecule has 2 heterocycles. The molecule has 1 aliphatic rings. The first kappa shape index (κ1) is 18.0. The zero-order valence-electron chi connectivity index (χ0n) is 15.8. The van der Waals surface area contributed by atoms with E-state index in [-0.39, 0.29) is 11.9 Å². The first-order valence-corrected chi connectivity index (χ1v) is 9.09. The molecule has 1 saturated heterocycles. The van der Waals surface area contributed by atoms with Crippen LogP contribution in [0, 0.1) is 0 Å². The lowest BCUT2D eigenvalue weighted by Crippen LogP contribution is -2.27. The summed E-state index contributed by atoms with van der Waals surface area (Å²) in [5.74, 6) is 2.44. The Bertz CT molecular complexity index is 968. The molecule has 1 fully saturated rings. The van der Waals surface area contributed by atoms with Gasteiger partial charge >= 0.3 is 0 Å². The van der Waals surface area contributed by atoms with Gasteiger partial charge in [-0.15, -0.1) is 0 Å².